The summed E-state index contributed by atoms with van der Waals surface area (Å²) in [4.78, 5) is 12.0. The lowest BCUT2D eigenvalue weighted by Crippen LogP contribution is -2.42. The Morgan fingerprint density at radius 1 is 1.11 bits per heavy atom. The van der Waals surface area contributed by atoms with Crippen LogP contribution in [0.2, 0.25) is 0 Å². The lowest BCUT2D eigenvalue weighted by Gasteiger charge is -2.32. The number of piperidine rings is 1. The molecule has 9 nitrogen and oxygen atoms in total. The second kappa shape index (κ2) is 11.2. The number of halogens is 3. The van der Waals surface area contributed by atoms with Gasteiger partial charge in [-0.3, -0.25) is 10.0 Å². The van der Waals surface area contributed by atoms with E-state index in [2.05, 4.69) is 0 Å². The van der Waals surface area contributed by atoms with Gasteiger partial charge in [-0.15, -0.1) is 0 Å². The summed E-state index contributed by atoms with van der Waals surface area (Å²) in [5.41, 5.74) is 0.323. The van der Waals surface area contributed by atoms with Gasteiger partial charge in [0.15, 0.2) is 0 Å². The van der Waals surface area contributed by atoms with Gasteiger partial charge in [0.1, 0.15) is 29.8 Å². The highest BCUT2D eigenvalue weighted by Gasteiger charge is 2.35. The quantitative estimate of drug-likeness (QED) is 0.298. The Hall–Kier alpha value is -2.87. The molecule has 1 aliphatic heterocycles. The van der Waals surface area contributed by atoms with Crippen LogP contribution in [0.3, 0.4) is 0 Å². The number of sulfonamides is 1. The molecule has 0 bridgehead atoms. The van der Waals surface area contributed by atoms with Crippen molar-refractivity contribution in [2.75, 3.05) is 33.4 Å². The number of carbonyl (C=O) groups excluding carboxylic acids is 1. The van der Waals surface area contributed by atoms with E-state index in [4.69, 9.17) is 19.4 Å². The van der Waals surface area contributed by atoms with Crippen LogP contribution in [0.1, 0.15) is 28.8 Å². The van der Waals surface area contributed by atoms with E-state index < -0.39 is 33.8 Å². The Balaban J connectivity index is 1.72. The molecule has 0 spiro atoms. The summed E-state index contributed by atoms with van der Waals surface area (Å²) < 4.78 is 82.1. The highest BCUT2D eigenvalue weighted by Crippen LogP contribution is 2.32. The van der Waals surface area contributed by atoms with Gasteiger partial charge in [-0.2, -0.15) is 17.5 Å². The first-order valence-electron chi connectivity index (χ1n) is 10.6. The summed E-state index contributed by atoms with van der Waals surface area (Å²) in [6.45, 7) is 0.368. The number of methoxy groups -OCH3 is 1. The zero-order chi connectivity index (χ0) is 25.6. The Kier molecular flexibility index (Phi) is 8.59. The molecule has 2 N–H and O–H groups in total. The molecule has 1 amide bonds. The Bertz CT molecular complexity index is 1120. The van der Waals surface area contributed by atoms with Crippen molar-refractivity contribution in [1.29, 1.82) is 0 Å². The number of hydroxylamine groups is 1. The van der Waals surface area contributed by atoms with Gasteiger partial charge < -0.3 is 14.2 Å². The molecule has 0 atom stereocenters. The molecule has 3 rings (SSSR count). The van der Waals surface area contributed by atoms with Crippen LogP contribution in [-0.2, 0) is 20.9 Å². The first kappa shape index (κ1) is 26.7. The number of hydrogen-bond donors (Lipinski definition) is 2. The fourth-order valence-electron chi connectivity index (χ4n) is 3.61. The molecule has 192 valence electrons. The van der Waals surface area contributed by atoms with Gasteiger partial charge in [-0.05, 0) is 49.2 Å². The zero-order valence-corrected chi connectivity index (χ0v) is 19.6. The molecule has 13 heteroatoms. The molecule has 1 heterocycles. The number of rotatable bonds is 9. The summed E-state index contributed by atoms with van der Waals surface area (Å²) >= 11 is 0. The number of benzene rings is 2. The maximum Gasteiger partial charge on any atom is 0.416 e. The van der Waals surface area contributed by atoms with E-state index in [0.29, 0.717) is 0 Å². The largest absolute Gasteiger partial charge is 0.490 e. The fourth-order valence-corrected chi connectivity index (χ4v) is 5.28. The molecule has 0 radical (unpaired) electrons. The third-order valence-electron chi connectivity index (χ3n) is 5.36. The summed E-state index contributed by atoms with van der Waals surface area (Å²) in [5.74, 6) is -0.825. The van der Waals surface area contributed by atoms with Crippen molar-refractivity contribution in [2.45, 2.75) is 30.0 Å². The van der Waals surface area contributed by atoms with Crippen LogP contribution >= 0.6 is 0 Å². The molecule has 35 heavy (non-hydrogen) atoms. The maximum atomic E-state index is 13.3. The van der Waals surface area contributed by atoms with E-state index in [-0.39, 0.29) is 61.1 Å². The van der Waals surface area contributed by atoms with Crippen LogP contribution in [0.25, 0.3) is 0 Å². The van der Waals surface area contributed by atoms with E-state index in [9.17, 15) is 26.4 Å². The number of ether oxygens (including phenoxy) is 3. The molecule has 2 aromatic carbocycles. The van der Waals surface area contributed by atoms with E-state index in [0.717, 1.165) is 12.1 Å². The molecular weight excluding hydrogens is 493 g/mol. The number of carbonyl (C=O) groups is 1. The van der Waals surface area contributed by atoms with Crippen molar-refractivity contribution in [2.24, 2.45) is 0 Å². The maximum absolute atomic E-state index is 13.3. The third kappa shape index (κ3) is 6.42. The topological polar surface area (TPSA) is 114 Å². The monoisotopic (exact) mass is 518 g/mol. The molecular formula is C22H25F3N2O7S. The number of nitrogens with one attached hydrogen (secondary N) is 1. The van der Waals surface area contributed by atoms with Gasteiger partial charge >= 0.3 is 6.18 Å². The Labute approximate surface area is 200 Å². The number of hydrogen-bond acceptors (Lipinski definition) is 7. The van der Waals surface area contributed by atoms with E-state index in [1.807, 2.05) is 0 Å². The molecule has 1 aliphatic rings. The van der Waals surface area contributed by atoms with Crippen LogP contribution in [0.15, 0.2) is 47.4 Å². The van der Waals surface area contributed by atoms with Crippen LogP contribution in [0.5, 0.6) is 11.5 Å². The predicted molar refractivity (Wildman–Crippen MR) is 117 cm³/mol. The molecule has 1 fully saturated rings. The van der Waals surface area contributed by atoms with Gasteiger partial charge in [0.25, 0.3) is 5.91 Å². The normalized spacial score (nSPS) is 15.6. The number of amides is 1. The van der Waals surface area contributed by atoms with Crippen molar-refractivity contribution in [3.63, 3.8) is 0 Å². The highest BCUT2D eigenvalue weighted by atomic mass is 32.2. The molecule has 0 saturated carbocycles. The SMILES string of the molecule is COCCOc1cccc(S(=O)(=O)N2CCC(Oc3ccc(C(F)(F)F)cc3)CC2)c1C(=O)NO. The van der Waals surface area contributed by atoms with Crippen molar-refractivity contribution >= 4 is 15.9 Å². The first-order valence-corrected chi connectivity index (χ1v) is 12.0. The van der Waals surface area contributed by atoms with Crippen molar-refractivity contribution in [3.8, 4) is 11.5 Å². The van der Waals surface area contributed by atoms with Crippen molar-refractivity contribution < 1.29 is 45.8 Å². The third-order valence-corrected chi connectivity index (χ3v) is 7.31. The zero-order valence-electron chi connectivity index (χ0n) is 18.7. The van der Waals surface area contributed by atoms with Gasteiger partial charge in [-0.25, -0.2) is 13.9 Å². The predicted octanol–water partition coefficient (Wildman–Crippen LogP) is 3.08. The standard InChI is InChI=1S/C22H25F3N2O7S/c1-32-13-14-33-18-3-2-4-19(20(18)21(28)26-29)35(30,31)27-11-9-17(10-12-27)34-16-7-5-15(6-8-16)22(23,24)25/h2-8,17,29H,9-14H2,1H3,(H,26,28). The highest BCUT2D eigenvalue weighted by molar-refractivity contribution is 7.89. The lowest BCUT2D eigenvalue weighted by atomic mass is 10.1. The van der Waals surface area contributed by atoms with Gasteiger partial charge in [-0.1, -0.05) is 6.07 Å². The summed E-state index contributed by atoms with van der Waals surface area (Å²) in [7, 11) is -2.69. The minimum atomic E-state index is -4.45. The molecule has 0 aromatic heterocycles. The Morgan fingerprint density at radius 3 is 2.34 bits per heavy atom. The summed E-state index contributed by atoms with van der Waals surface area (Å²) in [6.07, 6.45) is -4.28. The average molecular weight is 519 g/mol. The van der Waals surface area contributed by atoms with Crippen molar-refractivity contribution in [3.05, 3.63) is 53.6 Å². The molecule has 1 saturated heterocycles. The summed E-state index contributed by atoms with van der Waals surface area (Å²) in [5, 5.41) is 9.15. The van der Waals surface area contributed by atoms with Crippen molar-refractivity contribution in [1.82, 2.24) is 9.79 Å². The smallest absolute Gasteiger partial charge is 0.416 e. The van der Waals surface area contributed by atoms with Crippen LogP contribution < -0.4 is 15.0 Å². The second-order valence-electron chi connectivity index (χ2n) is 7.65. The fraction of sp³-hybridized carbons (Fsp3) is 0.409. The molecule has 2 aromatic rings. The minimum Gasteiger partial charge on any atom is -0.490 e. The number of nitrogens with zero attached hydrogens (tertiary/aromatic N) is 1. The molecule has 0 aliphatic carbocycles. The van der Waals surface area contributed by atoms with Gasteiger partial charge in [0, 0.05) is 20.2 Å². The van der Waals surface area contributed by atoms with E-state index in [1.165, 1.54) is 47.2 Å². The van der Waals surface area contributed by atoms with Crippen LogP contribution in [0.4, 0.5) is 13.2 Å². The van der Waals surface area contributed by atoms with Gasteiger partial charge in [0.05, 0.1) is 17.1 Å². The average Bonchev–Trinajstić information content (AvgIpc) is 2.83. The number of alkyl halides is 3. The van der Waals surface area contributed by atoms with Gasteiger partial charge in [0.2, 0.25) is 10.0 Å². The second-order valence-corrected chi connectivity index (χ2v) is 9.56. The minimum absolute atomic E-state index is 0.0322. The van der Waals surface area contributed by atoms with E-state index in [1.54, 1.807) is 0 Å². The summed E-state index contributed by atoms with van der Waals surface area (Å²) in [6, 6.07) is 8.36. The molecule has 0 unspecified atom stereocenters. The first-order chi connectivity index (χ1) is 16.6. The van der Waals surface area contributed by atoms with Crippen LogP contribution in [0, 0.1) is 0 Å². The Morgan fingerprint density at radius 2 is 1.77 bits per heavy atom. The van der Waals surface area contributed by atoms with Crippen LogP contribution in [-0.4, -0.2) is 63.4 Å². The van der Waals surface area contributed by atoms with E-state index >= 15 is 0 Å². The lowest BCUT2D eigenvalue weighted by molar-refractivity contribution is -0.137.